The fourth-order valence-corrected chi connectivity index (χ4v) is 2.67. The molecule has 1 N–H and O–H groups in total. The third-order valence-electron chi connectivity index (χ3n) is 4.14. The maximum Gasteiger partial charge on any atom is 0.282 e. The molecule has 0 saturated carbocycles. The minimum absolute atomic E-state index is 0.0445. The van der Waals surface area contributed by atoms with Crippen molar-refractivity contribution in [1.29, 1.82) is 0 Å². The molecule has 0 aliphatic carbocycles. The number of fused-ring (bicyclic) bond motifs is 1. The van der Waals surface area contributed by atoms with Crippen LogP contribution in [0.5, 0.6) is 0 Å². The summed E-state index contributed by atoms with van der Waals surface area (Å²) in [6, 6.07) is 5.25. The highest BCUT2D eigenvalue weighted by Crippen LogP contribution is 2.32. The van der Waals surface area contributed by atoms with E-state index in [9.17, 15) is 13.6 Å². The lowest BCUT2D eigenvalue weighted by Crippen LogP contribution is -2.25. The van der Waals surface area contributed by atoms with Crippen molar-refractivity contribution >= 4 is 28.3 Å². The summed E-state index contributed by atoms with van der Waals surface area (Å²) in [6.45, 7) is 1.92. The van der Waals surface area contributed by atoms with Crippen LogP contribution < -0.4 is 5.32 Å². The Morgan fingerprint density at radius 2 is 1.96 bits per heavy atom. The number of likely N-dealkylation sites (N-methyl/N-ethyl adjacent to an activating group) is 1. The van der Waals surface area contributed by atoms with Gasteiger partial charge in [-0.25, -0.2) is 13.8 Å². The van der Waals surface area contributed by atoms with Gasteiger partial charge >= 0.3 is 0 Å². The Morgan fingerprint density at radius 1 is 1.23 bits per heavy atom. The number of alkyl halides is 2. The van der Waals surface area contributed by atoms with Crippen molar-refractivity contribution in [2.45, 2.75) is 19.9 Å². The van der Waals surface area contributed by atoms with Gasteiger partial charge in [-0.1, -0.05) is 0 Å². The molecule has 3 aromatic heterocycles. The molecule has 0 spiro atoms. The lowest BCUT2D eigenvalue weighted by atomic mass is 10.2. The van der Waals surface area contributed by atoms with Gasteiger partial charge in [-0.15, -0.1) is 0 Å². The number of aryl methyl sites for hydroxylation is 1. The summed E-state index contributed by atoms with van der Waals surface area (Å²) in [5.41, 5.74) is 1.37. The molecule has 136 valence electrons. The molecule has 3 heterocycles. The zero-order valence-electron chi connectivity index (χ0n) is 14.7. The Labute approximate surface area is 149 Å². The van der Waals surface area contributed by atoms with Gasteiger partial charge in [-0.05, 0) is 30.7 Å². The van der Waals surface area contributed by atoms with Gasteiger partial charge in [0.05, 0.1) is 11.2 Å². The zero-order valence-corrected chi connectivity index (χ0v) is 14.7. The minimum atomic E-state index is -2.70. The molecule has 6 nitrogen and oxygen atoms in total. The predicted molar refractivity (Wildman–Crippen MR) is 95.6 cm³/mol. The standard InChI is InChI=1S/C18H19F2N5O/c1-11-4-7-21-16(17(19)20)15(11)23-18-12-6-9-25(10-14(26)24(2)3)13(12)5-8-22-18/h4-9,17H,10H2,1-3H3,(H,22,23). The summed E-state index contributed by atoms with van der Waals surface area (Å²) in [7, 11) is 3.39. The third kappa shape index (κ3) is 3.35. The van der Waals surface area contributed by atoms with Crippen LogP contribution in [0.1, 0.15) is 17.7 Å². The lowest BCUT2D eigenvalue weighted by Gasteiger charge is -2.14. The second kappa shape index (κ2) is 7.07. The van der Waals surface area contributed by atoms with E-state index in [2.05, 4.69) is 15.3 Å². The molecular formula is C18H19F2N5O. The fourth-order valence-electron chi connectivity index (χ4n) is 2.67. The molecule has 8 heteroatoms. The number of pyridine rings is 2. The maximum absolute atomic E-state index is 13.3. The van der Waals surface area contributed by atoms with Crippen molar-refractivity contribution in [3.8, 4) is 0 Å². The number of carbonyl (C=O) groups excluding carboxylic acids is 1. The molecule has 0 bridgehead atoms. The Hall–Kier alpha value is -3.03. The first-order valence-electron chi connectivity index (χ1n) is 8.03. The summed E-state index contributed by atoms with van der Waals surface area (Å²) in [5.74, 6) is 0.397. The van der Waals surface area contributed by atoms with Crippen LogP contribution in [0, 0.1) is 6.92 Å². The van der Waals surface area contributed by atoms with Crippen LogP contribution >= 0.6 is 0 Å². The van der Waals surface area contributed by atoms with E-state index in [1.54, 1.807) is 56.2 Å². The summed E-state index contributed by atoms with van der Waals surface area (Å²) >= 11 is 0. The second-order valence-electron chi connectivity index (χ2n) is 6.14. The number of hydrogen-bond acceptors (Lipinski definition) is 4. The molecule has 0 atom stereocenters. The largest absolute Gasteiger partial charge is 0.347 e. The van der Waals surface area contributed by atoms with Crippen molar-refractivity contribution in [3.63, 3.8) is 0 Å². The van der Waals surface area contributed by atoms with Crippen LogP contribution in [0.25, 0.3) is 10.9 Å². The molecule has 3 rings (SSSR count). The number of nitrogens with zero attached hydrogens (tertiary/aromatic N) is 4. The normalized spacial score (nSPS) is 11.2. The average molecular weight is 359 g/mol. The van der Waals surface area contributed by atoms with E-state index in [1.165, 1.54) is 11.1 Å². The summed E-state index contributed by atoms with van der Waals surface area (Å²) in [6.07, 6.45) is 2.02. The molecule has 0 aliphatic heterocycles. The molecule has 0 unspecified atom stereocenters. The molecule has 0 aliphatic rings. The molecular weight excluding hydrogens is 340 g/mol. The van der Waals surface area contributed by atoms with E-state index in [1.807, 2.05) is 0 Å². The van der Waals surface area contributed by atoms with Crippen LogP contribution in [-0.2, 0) is 11.3 Å². The van der Waals surface area contributed by atoms with Gasteiger partial charge in [0, 0.05) is 38.1 Å². The van der Waals surface area contributed by atoms with Crippen LogP contribution in [0.2, 0.25) is 0 Å². The number of aromatic nitrogens is 3. The Morgan fingerprint density at radius 3 is 2.65 bits per heavy atom. The van der Waals surface area contributed by atoms with Gasteiger partial charge in [0.1, 0.15) is 18.1 Å². The minimum Gasteiger partial charge on any atom is -0.347 e. The average Bonchev–Trinajstić information content (AvgIpc) is 3.00. The van der Waals surface area contributed by atoms with Gasteiger partial charge in [0.2, 0.25) is 5.91 Å². The number of carbonyl (C=O) groups is 1. The fraction of sp³-hybridized carbons (Fsp3) is 0.278. The first-order chi connectivity index (χ1) is 12.4. The molecule has 0 saturated heterocycles. The molecule has 3 aromatic rings. The molecule has 0 aromatic carbocycles. The number of amides is 1. The van der Waals surface area contributed by atoms with Gasteiger partial charge in [-0.2, -0.15) is 0 Å². The number of hydrogen-bond donors (Lipinski definition) is 1. The number of halogens is 2. The second-order valence-corrected chi connectivity index (χ2v) is 6.14. The van der Waals surface area contributed by atoms with E-state index in [4.69, 9.17) is 0 Å². The Bertz CT molecular complexity index is 952. The van der Waals surface area contributed by atoms with Crippen molar-refractivity contribution in [3.05, 3.63) is 48.0 Å². The van der Waals surface area contributed by atoms with Crippen molar-refractivity contribution < 1.29 is 13.6 Å². The van der Waals surface area contributed by atoms with Crippen LogP contribution in [0.4, 0.5) is 20.3 Å². The first kappa shape index (κ1) is 17.8. The summed E-state index contributed by atoms with van der Waals surface area (Å²) < 4.78 is 28.4. The maximum atomic E-state index is 13.3. The van der Waals surface area contributed by atoms with E-state index >= 15 is 0 Å². The SMILES string of the molecule is Cc1ccnc(C(F)F)c1Nc1nccc2c1ccn2CC(=O)N(C)C. The molecule has 0 radical (unpaired) electrons. The quantitative estimate of drug-likeness (QED) is 0.757. The first-order valence-corrected chi connectivity index (χ1v) is 8.03. The predicted octanol–water partition coefficient (Wildman–Crippen LogP) is 3.51. The highest BCUT2D eigenvalue weighted by molar-refractivity contribution is 5.93. The van der Waals surface area contributed by atoms with Crippen molar-refractivity contribution in [2.75, 3.05) is 19.4 Å². The lowest BCUT2D eigenvalue weighted by molar-refractivity contribution is -0.129. The monoisotopic (exact) mass is 359 g/mol. The Balaban J connectivity index is 2.01. The van der Waals surface area contributed by atoms with E-state index < -0.39 is 6.43 Å². The van der Waals surface area contributed by atoms with Gasteiger partial charge in [-0.3, -0.25) is 9.78 Å². The van der Waals surface area contributed by atoms with E-state index in [0.29, 0.717) is 11.4 Å². The van der Waals surface area contributed by atoms with Crippen LogP contribution in [-0.4, -0.2) is 39.4 Å². The van der Waals surface area contributed by atoms with Crippen molar-refractivity contribution in [1.82, 2.24) is 19.4 Å². The van der Waals surface area contributed by atoms with Crippen LogP contribution in [0.15, 0.2) is 36.8 Å². The molecule has 1 amide bonds. The number of rotatable bonds is 5. The summed E-state index contributed by atoms with van der Waals surface area (Å²) in [4.78, 5) is 21.6. The Kier molecular flexibility index (Phi) is 4.83. The smallest absolute Gasteiger partial charge is 0.282 e. The van der Waals surface area contributed by atoms with Crippen molar-refractivity contribution in [2.24, 2.45) is 0 Å². The third-order valence-corrected chi connectivity index (χ3v) is 4.14. The van der Waals surface area contributed by atoms with Gasteiger partial charge < -0.3 is 14.8 Å². The summed E-state index contributed by atoms with van der Waals surface area (Å²) in [5, 5.41) is 3.73. The highest BCUT2D eigenvalue weighted by atomic mass is 19.3. The van der Waals surface area contributed by atoms with Gasteiger partial charge in [0.25, 0.3) is 6.43 Å². The van der Waals surface area contributed by atoms with E-state index in [0.717, 1.165) is 10.9 Å². The molecule has 0 fully saturated rings. The number of anilines is 2. The topological polar surface area (TPSA) is 63.1 Å². The highest BCUT2D eigenvalue weighted by Gasteiger charge is 2.18. The zero-order chi connectivity index (χ0) is 18.8. The van der Waals surface area contributed by atoms with Crippen LogP contribution in [0.3, 0.4) is 0 Å². The molecule has 26 heavy (non-hydrogen) atoms. The van der Waals surface area contributed by atoms with E-state index in [-0.39, 0.29) is 23.8 Å². The number of nitrogens with one attached hydrogen (secondary N) is 1. The van der Waals surface area contributed by atoms with Gasteiger partial charge in [0.15, 0.2) is 0 Å².